The molecule has 3 amide bonds. The van der Waals surface area contributed by atoms with Crippen LogP contribution in [0.4, 0.5) is 4.79 Å². The summed E-state index contributed by atoms with van der Waals surface area (Å²) in [4.78, 5) is 40.3. The number of amides is 3. The van der Waals surface area contributed by atoms with Gasteiger partial charge in [-0.15, -0.1) is 0 Å². The average Bonchev–Trinajstić information content (AvgIpc) is 3.29. The Morgan fingerprint density at radius 3 is 2.42 bits per heavy atom. The number of hydrogen-bond donors (Lipinski definition) is 1. The van der Waals surface area contributed by atoms with Crippen LogP contribution in [0.15, 0.2) is 30.6 Å². The predicted molar refractivity (Wildman–Crippen MR) is 126 cm³/mol. The lowest BCUT2D eigenvalue weighted by molar-refractivity contribution is -0.136. The van der Waals surface area contributed by atoms with Crippen LogP contribution in [0, 0.1) is 12.8 Å². The molecule has 1 aromatic heterocycles. The molecule has 2 saturated heterocycles. The van der Waals surface area contributed by atoms with Gasteiger partial charge in [0.25, 0.3) is 5.91 Å². The van der Waals surface area contributed by atoms with Gasteiger partial charge in [-0.3, -0.25) is 14.6 Å². The molecule has 8 heteroatoms. The molecule has 3 heterocycles. The first-order chi connectivity index (χ1) is 15.8. The zero-order chi connectivity index (χ0) is 23.6. The van der Waals surface area contributed by atoms with E-state index in [9.17, 15) is 9.59 Å². The van der Waals surface area contributed by atoms with Crippen molar-refractivity contribution >= 4 is 11.9 Å². The van der Waals surface area contributed by atoms with Crippen molar-refractivity contribution in [2.45, 2.75) is 52.1 Å². The summed E-state index contributed by atoms with van der Waals surface area (Å²) < 4.78 is 5.25. The van der Waals surface area contributed by atoms with E-state index in [2.05, 4.69) is 14.9 Å². The SMILES string of the molecule is COc1ccc(CCN2C(=O)N(CC(C)C)C(=O)C23CCN(Cc2nc[nH]c2C)CC3)cc1. The van der Waals surface area contributed by atoms with Gasteiger partial charge in [0.15, 0.2) is 0 Å². The number of carbonyl (C=O) groups excluding carboxylic acids is 2. The standard InChI is InChI=1S/C25H35N5O3/c1-18(2)15-29-23(31)25(10-13-28(14-11-25)16-22-19(3)26-17-27-22)30(24(29)32)12-9-20-5-7-21(33-4)8-6-20/h5-8,17-18H,9-16H2,1-4H3,(H,26,27). The summed E-state index contributed by atoms with van der Waals surface area (Å²) in [7, 11) is 1.65. The van der Waals surface area contributed by atoms with Gasteiger partial charge in [0, 0.05) is 38.4 Å². The Balaban J connectivity index is 1.50. The molecule has 0 radical (unpaired) electrons. The van der Waals surface area contributed by atoms with Gasteiger partial charge in [0.2, 0.25) is 0 Å². The van der Waals surface area contributed by atoms with Gasteiger partial charge in [-0.05, 0) is 49.8 Å². The zero-order valence-corrected chi connectivity index (χ0v) is 20.1. The maximum absolute atomic E-state index is 13.6. The molecule has 2 aliphatic heterocycles. The van der Waals surface area contributed by atoms with Gasteiger partial charge in [0.05, 0.1) is 19.1 Å². The maximum Gasteiger partial charge on any atom is 0.327 e. The minimum atomic E-state index is -0.741. The molecule has 2 fully saturated rings. The first-order valence-electron chi connectivity index (χ1n) is 11.8. The number of imidazole rings is 1. The number of nitrogens with zero attached hydrogens (tertiary/aromatic N) is 4. The molecule has 1 aromatic carbocycles. The lowest BCUT2D eigenvalue weighted by atomic mass is 9.85. The number of likely N-dealkylation sites (tertiary alicyclic amines) is 1. The Morgan fingerprint density at radius 2 is 1.85 bits per heavy atom. The highest BCUT2D eigenvalue weighted by molar-refractivity contribution is 6.07. The molecule has 0 unspecified atom stereocenters. The zero-order valence-electron chi connectivity index (χ0n) is 20.1. The number of aromatic amines is 1. The third-order valence-electron chi connectivity index (χ3n) is 6.94. The van der Waals surface area contributed by atoms with E-state index in [1.165, 1.54) is 4.90 Å². The van der Waals surface area contributed by atoms with E-state index in [4.69, 9.17) is 4.74 Å². The van der Waals surface area contributed by atoms with E-state index in [1.54, 1.807) is 13.4 Å². The van der Waals surface area contributed by atoms with Crippen LogP contribution in [0.1, 0.15) is 43.6 Å². The third kappa shape index (κ3) is 4.62. The molecule has 0 atom stereocenters. The van der Waals surface area contributed by atoms with E-state index < -0.39 is 5.54 Å². The first-order valence-corrected chi connectivity index (χ1v) is 11.8. The number of methoxy groups -OCH3 is 1. The van der Waals surface area contributed by atoms with Crippen molar-refractivity contribution in [1.82, 2.24) is 24.7 Å². The molecule has 178 valence electrons. The quantitative estimate of drug-likeness (QED) is 0.621. The Hall–Kier alpha value is -2.87. The highest BCUT2D eigenvalue weighted by atomic mass is 16.5. The first kappa shape index (κ1) is 23.3. The van der Waals surface area contributed by atoms with Gasteiger partial charge in [0.1, 0.15) is 11.3 Å². The highest BCUT2D eigenvalue weighted by Gasteiger charge is 2.57. The van der Waals surface area contributed by atoms with Crippen molar-refractivity contribution in [2.75, 3.05) is 33.3 Å². The number of urea groups is 1. The van der Waals surface area contributed by atoms with Crippen LogP contribution in [0.25, 0.3) is 0 Å². The van der Waals surface area contributed by atoms with Crippen molar-refractivity contribution in [3.8, 4) is 5.75 Å². The second kappa shape index (κ2) is 9.55. The summed E-state index contributed by atoms with van der Waals surface area (Å²) >= 11 is 0. The van der Waals surface area contributed by atoms with Gasteiger partial charge >= 0.3 is 6.03 Å². The number of aromatic nitrogens is 2. The van der Waals surface area contributed by atoms with Crippen LogP contribution < -0.4 is 4.74 Å². The number of piperidine rings is 1. The molecule has 8 nitrogen and oxygen atoms in total. The number of aryl methyl sites for hydroxylation is 1. The fraction of sp³-hybridized carbons (Fsp3) is 0.560. The molecule has 2 aliphatic rings. The molecule has 0 bridgehead atoms. The minimum Gasteiger partial charge on any atom is -0.497 e. The molecule has 0 saturated carbocycles. The average molecular weight is 454 g/mol. The van der Waals surface area contributed by atoms with E-state index in [1.807, 2.05) is 49.9 Å². The predicted octanol–water partition coefficient (Wildman–Crippen LogP) is 3.22. The summed E-state index contributed by atoms with van der Waals surface area (Å²) in [5, 5.41) is 0. The van der Waals surface area contributed by atoms with E-state index in [0.29, 0.717) is 32.4 Å². The second-order valence-corrected chi connectivity index (χ2v) is 9.62. The number of ether oxygens (including phenoxy) is 1. The Labute approximate surface area is 195 Å². The number of carbonyl (C=O) groups is 2. The van der Waals surface area contributed by atoms with Gasteiger partial charge in [-0.2, -0.15) is 0 Å². The van der Waals surface area contributed by atoms with Crippen molar-refractivity contribution in [3.63, 3.8) is 0 Å². The summed E-state index contributed by atoms with van der Waals surface area (Å²) in [6.07, 6.45) is 3.73. The molecular weight excluding hydrogens is 418 g/mol. The van der Waals surface area contributed by atoms with E-state index >= 15 is 0 Å². The summed E-state index contributed by atoms with van der Waals surface area (Å²) in [5.41, 5.74) is 2.50. The van der Waals surface area contributed by atoms with Crippen molar-refractivity contribution in [2.24, 2.45) is 5.92 Å². The lowest BCUT2D eigenvalue weighted by Gasteiger charge is -2.42. The maximum atomic E-state index is 13.6. The highest BCUT2D eigenvalue weighted by Crippen LogP contribution is 2.38. The summed E-state index contributed by atoms with van der Waals surface area (Å²) in [5.74, 6) is 1.02. The van der Waals surface area contributed by atoms with Crippen molar-refractivity contribution < 1.29 is 14.3 Å². The fourth-order valence-electron chi connectivity index (χ4n) is 4.97. The largest absolute Gasteiger partial charge is 0.497 e. The van der Waals surface area contributed by atoms with Gasteiger partial charge in [-0.1, -0.05) is 26.0 Å². The van der Waals surface area contributed by atoms with Crippen LogP contribution in [0.5, 0.6) is 5.75 Å². The molecular formula is C25H35N5O3. The molecule has 1 N–H and O–H groups in total. The Bertz CT molecular complexity index is 976. The molecule has 2 aromatic rings. The summed E-state index contributed by atoms with van der Waals surface area (Å²) in [6.45, 7) is 9.40. The molecule has 33 heavy (non-hydrogen) atoms. The lowest BCUT2D eigenvalue weighted by Crippen LogP contribution is -2.56. The van der Waals surface area contributed by atoms with Crippen LogP contribution in [0.3, 0.4) is 0 Å². The minimum absolute atomic E-state index is 0.0217. The van der Waals surface area contributed by atoms with Crippen LogP contribution in [-0.4, -0.2) is 75.4 Å². The molecule has 0 aliphatic carbocycles. The molecule has 1 spiro atoms. The molecule has 4 rings (SSSR count). The normalized spacial score (nSPS) is 18.7. The summed E-state index contributed by atoms with van der Waals surface area (Å²) in [6, 6.07) is 7.77. The third-order valence-corrected chi connectivity index (χ3v) is 6.94. The van der Waals surface area contributed by atoms with E-state index in [-0.39, 0.29) is 17.9 Å². The van der Waals surface area contributed by atoms with Gasteiger partial charge in [-0.25, -0.2) is 9.78 Å². The van der Waals surface area contributed by atoms with Crippen LogP contribution in [-0.2, 0) is 17.8 Å². The van der Waals surface area contributed by atoms with Crippen molar-refractivity contribution in [1.29, 1.82) is 0 Å². The fourth-order valence-corrected chi connectivity index (χ4v) is 4.97. The number of H-pyrrole nitrogens is 1. The monoisotopic (exact) mass is 453 g/mol. The van der Waals surface area contributed by atoms with Crippen LogP contribution in [0.2, 0.25) is 0 Å². The van der Waals surface area contributed by atoms with Gasteiger partial charge < -0.3 is 14.6 Å². The number of imide groups is 1. The number of benzene rings is 1. The van der Waals surface area contributed by atoms with E-state index in [0.717, 1.165) is 42.3 Å². The number of nitrogens with one attached hydrogen (secondary N) is 1. The smallest absolute Gasteiger partial charge is 0.327 e. The number of hydrogen-bond acceptors (Lipinski definition) is 5. The van der Waals surface area contributed by atoms with Crippen LogP contribution >= 0.6 is 0 Å². The Morgan fingerprint density at radius 1 is 1.15 bits per heavy atom. The van der Waals surface area contributed by atoms with Crippen molar-refractivity contribution in [3.05, 3.63) is 47.5 Å². The topological polar surface area (TPSA) is 81.8 Å². The second-order valence-electron chi connectivity index (χ2n) is 9.62. The number of rotatable bonds is 8. The Kier molecular flexibility index (Phi) is 6.74.